The van der Waals surface area contributed by atoms with E-state index >= 15 is 0 Å². The number of ketones is 1. The summed E-state index contributed by atoms with van der Waals surface area (Å²) in [5.41, 5.74) is 1.04. The molecule has 1 aromatic carbocycles. The third-order valence-electron chi connectivity index (χ3n) is 3.31. The maximum Gasteiger partial charge on any atom is 0.167 e. The number of methoxy groups -OCH3 is 1. The molecule has 128 valence electrons. The first-order valence-electron chi connectivity index (χ1n) is 7.24. The molecule has 0 bridgehead atoms. The van der Waals surface area contributed by atoms with Crippen LogP contribution in [0.15, 0.2) is 30.6 Å². The number of aromatic nitrogens is 1. The molecule has 2 aromatic rings. The Hall–Kier alpha value is -1.49. The zero-order valence-corrected chi connectivity index (χ0v) is 15.3. The van der Waals surface area contributed by atoms with Gasteiger partial charge in [0.2, 0.25) is 0 Å². The maximum absolute atomic E-state index is 12.5. The third-order valence-corrected chi connectivity index (χ3v) is 4.23. The molecule has 0 N–H and O–H groups in total. The van der Waals surface area contributed by atoms with E-state index in [1.54, 1.807) is 25.3 Å². The van der Waals surface area contributed by atoms with Gasteiger partial charge in [0.15, 0.2) is 17.3 Å². The summed E-state index contributed by atoms with van der Waals surface area (Å²) >= 11 is 17.8. The highest BCUT2D eigenvalue weighted by Crippen LogP contribution is 2.30. The van der Waals surface area contributed by atoms with Gasteiger partial charge in [-0.05, 0) is 24.6 Å². The van der Waals surface area contributed by atoms with E-state index in [0.717, 1.165) is 0 Å². The minimum Gasteiger partial charge on any atom is -0.493 e. The number of hydrogen-bond acceptors (Lipinski definition) is 4. The summed E-state index contributed by atoms with van der Waals surface area (Å²) in [6, 6.07) is 5.02. The number of rotatable bonds is 8. The lowest BCUT2D eigenvalue weighted by molar-refractivity contribution is 0.0992. The molecule has 0 saturated carbocycles. The Bertz CT molecular complexity index is 702. The van der Waals surface area contributed by atoms with Gasteiger partial charge in [-0.25, -0.2) is 0 Å². The highest BCUT2D eigenvalue weighted by atomic mass is 35.5. The number of Topliss-reactive ketones (excluding diaryl/α,β-unsaturated/α-hetero) is 1. The number of carbonyl (C=O) groups excluding carboxylic acids is 1. The summed E-state index contributed by atoms with van der Waals surface area (Å²) < 4.78 is 10.9. The van der Waals surface area contributed by atoms with Crippen LogP contribution in [-0.2, 0) is 6.42 Å². The van der Waals surface area contributed by atoms with Crippen LogP contribution in [0.5, 0.6) is 11.5 Å². The minimum absolute atomic E-state index is 0.0770. The standard InChI is InChI=1S/C17H16Cl3NO3/c1-23-16-4-3-11(7-17(16)24-6-2-5-18)15(22)8-12-13(19)9-21-10-14(12)20/h3-4,7,9-10H,2,5-6,8H2,1H3. The van der Waals surface area contributed by atoms with Gasteiger partial charge in [0.1, 0.15) is 0 Å². The molecule has 2 rings (SSSR count). The minimum atomic E-state index is -0.130. The predicted molar refractivity (Wildman–Crippen MR) is 96.1 cm³/mol. The summed E-state index contributed by atoms with van der Waals surface area (Å²) in [6.45, 7) is 0.444. The van der Waals surface area contributed by atoms with E-state index in [-0.39, 0.29) is 12.2 Å². The first-order chi connectivity index (χ1) is 11.6. The van der Waals surface area contributed by atoms with Crippen molar-refractivity contribution in [1.82, 2.24) is 4.98 Å². The number of ether oxygens (including phenoxy) is 2. The summed E-state index contributed by atoms with van der Waals surface area (Å²) in [5, 5.41) is 0.728. The fraction of sp³-hybridized carbons (Fsp3) is 0.294. The first-order valence-corrected chi connectivity index (χ1v) is 8.53. The van der Waals surface area contributed by atoms with E-state index in [1.165, 1.54) is 12.4 Å². The number of pyridine rings is 1. The number of alkyl halides is 1. The molecule has 0 fully saturated rings. The van der Waals surface area contributed by atoms with Gasteiger partial charge in [-0.3, -0.25) is 9.78 Å². The first kappa shape index (κ1) is 18.8. The Kier molecular flexibility index (Phi) is 7.16. The van der Waals surface area contributed by atoms with E-state index in [9.17, 15) is 4.79 Å². The van der Waals surface area contributed by atoms with Crippen molar-refractivity contribution < 1.29 is 14.3 Å². The molecule has 24 heavy (non-hydrogen) atoms. The summed E-state index contributed by atoms with van der Waals surface area (Å²) in [7, 11) is 1.54. The molecule has 1 heterocycles. The van der Waals surface area contributed by atoms with Gasteiger partial charge >= 0.3 is 0 Å². The van der Waals surface area contributed by atoms with Crippen LogP contribution in [-0.4, -0.2) is 30.4 Å². The van der Waals surface area contributed by atoms with Gasteiger partial charge in [0.25, 0.3) is 0 Å². The van der Waals surface area contributed by atoms with E-state index < -0.39 is 0 Å². The largest absolute Gasteiger partial charge is 0.493 e. The quantitative estimate of drug-likeness (QED) is 0.369. The molecular formula is C17H16Cl3NO3. The van der Waals surface area contributed by atoms with E-state index in [1.807, 2.05) is 0 Å². The Morgan fingerprint density at radius 2 is 1.88 bits per heavy atom. The molecule has 7 heteroatoms. The molecule has 0 aliphatic carbocycles. The monoisotopic (exact) mass is 387 g/mol. The fourth-order valence-electron chi connectivity index (χ4n) is 2.07. The lowest BCUT2D eigenvalue weighted by atomic mass is 10.0. The second-order valence-corrected chi connectivity index (χ2v) is 6.13. The zero-order chi connectivity index (χ0) is 17.5. The fourth-order valence-corrected chi connectivity index (χ4v) is 2.68. The molecule has 0 atom stereocenters. The van der Waals surface area contributed by atoms with Gasteiger partial charge in [-0.2, -0.15) is 0 Å². The van der Waals surface area contributed by atoms with Crippen LogP contribution in [0.4, 0.5) is 0 Å². The van der Waals surface area contributed by atoms with Crippen LogP contribution in [0.1, 0.15) is 22.3 Å². The van der Waals surface area contributed by atoms with Crippen molar-refractivity contribution in [3.63, 3.8) is 0 Å². The third kappa shape index (κ3) is 4.76. The van der Waals surface area contributed by atoms with Crippen LogP contribution in [0, 0.1) is 0 Å². The second-order valence-electron chi connectivity index (χ2n) is 4.94. The van der Waals surface area contributed by atoms with Gasteiger partial charge < -0.3 is 9.47 Å². The summed E-state index contributed by atoms with van der Waals surface area (Å²) in [4.78, 5) is 16.4. The molecule has 0 aliphatic heterocycles. The molecule has 0 amide bonds. The van der Waals surface area contributed by atoms with Gasteiger partial charge in [0.05, 0.1) is 23.8 Å². The topological polar surface area (TPSA) is 48.4 Å². The molecule has 0 unspecified atom stereocenters. The SMILES string of the molecule is COc1ccc(C(=O)Cc2c(Cl)cncc2Cl)cc1OCCCCl. The van der Waals surface area contributed by atoms with Crippen LogP contribution >= 0.6 is 34.8 Å². The smallest absolute Gasteiger partial charge is 0.167 e. The lowest BCUT2D eigenvalue weighted by Gasteiger charge is -2.12. The van der Waals surface area contributed by atoms with Crippen molar-refractivity contribution in [2.24, 2.45) is 0 Å². The van der Waals surface area contributed by atoms with Crippen molar-refractivity contribution in [3.05, 3.63) is 51.8 Å². The molecule has 0 aliphatic rings. The molecule has 4 nitrogen and oxygen atoms in total. The average molecular weight is 389 g/mol. The highest BCUT2D eigenvalue weighted by molar-refractivity contribution is 6.36. The van der Waals surface area contributed by atoms with Gasteiger partial charge in [0, 0.05) is 35.8 Å². The van der Waals surface area contributed by atoms with Crippen molar-refractivity contribution in [3.8, 4) is 11.5 Å². The molecule has 0 radical (unpaired) electrons. The Morgan fingerprint density at radius 3 is 2.50 bits per heavy atom. The van der Waals surface area contributed by atoms with Gasteiger partial charge in [-0.15, -0.1) is 11.6 Å². The molecule has 0 saturated heterocycles. The average Bonchev–Trinajstić information content (AvgIpc) is 2.58. The van der Waals surface area contributed by atoms with Gasteiger partial charge in [-0.1, -0.05) is 23.2 Å². The highest BCUT2D eigenvalue weighted by Gasteiger charge is 2.15. The molecular weight excluding hydrogens is 373 g/mol. The molecule has 1 aromatic heterocycles. The normalized spacial score (nSPS) is 10.5. The van der Waals surface area contributed by atoms with E-state index in [0.29, 0.717) is 51.6 Å². The number of benzene rings is 1. The second kappa shape index (κ2) is 9.11. The lowest BCUT2D eigenvalue weighted by Crippen LogP contribution is -2.07. The van der Waals surface area contributed by atoms with Crippen LogP contribution < -0.4 is 9.47 Å². The molecule has 0 spiro atoms. The van der Waals surface area contributed by atoms with Crippen LogP contribution in [0.25, 0.3) is 0 Å². The van der Waals surface area contributed by atoms with Crippen molar-refractivity contribution in [2.45, 2.75) is 12.8 Å². The van der Waals surface area contributed by atoms with Crippen LogP contribution in [0.2, 0.25) is 10.0 Å². The van der Waals surface area contributed by atoms with E-state index in [4.69, 9.17) is 44.3 Å². The predicted octanol–water partition coefficient (Wildman–Crippen LogP) is 4.83. The van der Waals surface area contributed by atoms with Crippen LogP contribution in [0.3, 0.4) is 0 Å². The number of halogens is 3. The van der Waals surface area contributed by atoms with Crippen molar-refractivity contribution >= 4 is 40.6 Å². The van der Waals surface area contributed by atoms with E-state index in [2.05, 4.69) is 4.98 Å². The Morgan fingerprint density at radius 1 is 1.17 bits per heavy atom. The van der Waals surface area contributed by atoms with Crippen molar-refractivity contribution in [2.75, 3.05) is 19.6 Å². The number of hydrogen-bond donors (Lipinski definition) is 0. The Balaban J connectivity index is 2.21. The zero-order valence-electron chi connectivity index (χ0n) is 13.0. The maximum atomic E-state index is 12.5. The summed E-state index contributed by atoms with van der Waals surface area (Å²) in [6.07, 6.45) is 3.70. The van der Waals surface area contributed by atoms with Crippen molar-refractivity contribution in [1.29, 1.82) is 0 Å². The summed E-state index contributed by atoms with van der Waals surface area (Å²) in [5.74, 6) is 1.43. The number of carbonyl (C=O) groups is 1. The Labute approximate surface area is 155 Å². The number of nitrogens with zero attached hydrogens (tertiary/aromatic N) is 1.